The van der Waals surface area contributed by atoms with E-state index in [1.807, 2.05) is 6.07 Å². The van der Waals surface area contributed by atoms with Gasteiger partial charge in [-0.25, -0.2) is 0 Å². The van der Waals surface area contributed by atoms with Crippen molar-refractivity contribution in [3.8, 4) is 11.8 Å². The van der Waals surface area contributed by atoms with Gasteiger partial charge in [-0.3, -0.25) is 4.90 Å². The van der Waals surface area contributed by atoms with E-state index in [1.165, 1.54) is 24.3 Å². The van der Waals surface area contributed by atoms with Gasteiger partial charge in [0.15, 0.2) is 0 Å². The van der Waals surface area contributed by atoms with Gasteiger partial charge in [-0.05, 0) is 24.7 Å². The van der Waals surface area contributed by atoms with Crippen LogP contribution < -0.4 is 4.74 Å². The van der Waals surface area contributed by atoms with E-state index < -0.39 is 12.7 Å². The molecule has 1 aromatic rings. The van der Waals surface area contributed by atoms with Crippen LogP contribution in [0, 0.1) is 11.3 Å². The minimum atomic E-state index is -2.86. The summed E-state index contributed by atoms with van der Waals surface area (Å²) in [6.45, 7) is -2.35. The number of alkyl halides is 2. The van der Waals surface area contributed by atoms with Crippen molar-refractivity contribution in [2.75, 3.05) is 20.1 Å². The summed E-state index contributed by atoms with van der Waals surface area (Å²) in [5.74, 6) is 0.0475. The number of halogens is 2. The molecule has 0 spiro atoms. The summed E-state index contributed by atoms with van der Waals surface area (Å²) in [6, 6.07) is 7.74. The number of nitrogens with zero attached hydrogens (tertiary/aromatic N) is 2. The molecule has 0 aliphatic heterocycles. The highest BCUT2D eigenvalue weighted by Gasteiger charge is 2.11. The molecule has 1 unspecified atom stereocenters. The summed E-state index contributed by atoms with van der Waals surface area (Å²) < 4.78 is 28.1. The molecule has 0 radical (unpaired) electrons. The van der Waals surface area contributed by atoms with E-state index in [0.29, 0.717) is 12.1 Å². The number of hydrogen-bond donors (Lipinski definition) is 1. The Hall–Kier alpha value is -1.71. The van der Waals surface area contributed by atoms with Crippen molar-refractivity contribution in [2.24, 2.45) is 0 Å². The van der Waals surface area contributed by atoms with Gasteiger partial charge in [0.2, 0.25) is 0 Å². The van der Waals surface area contributed by atoms with Crippen LogP contribution in [-0.4, -0.2) is 36.8 Å². The normalized spacial score (nSPS) is 12.5. The average Bonchev–Trinajstić information content (AvgIpc) is 2.29. The second kappa shape index (κ2) is 6.89. The predicted octanol–water partition coefficient (Wildman–Crippen LogP) is 1.78. The van der Waals surface area contributed by atoms with Gasteiger partial charge in [0, 0.05) is 6.54 Å². The van der Waals surface area contributed by atoms with Crippen molar-refractivity contribution in [3.63, 3.8) is 0 Å². The maximum absolute atomic E-state index is 11.9. The fourth-order valence-electron chi connectivity index (χ4n) is 1.46. The zero-order valence-corrected chi connectivity index (χ0v) is 9.88. The Kier molecular flexibility index (Phi) is 5.49. The standard InChI is InChI=1S/C12H14F2N2O2/c1-16(7-6-15)8-11(17)9-2-4-10(5-3-9)18-12(13)14/h2-5,11-12,17H,7-8H2,1H3. The second-order valence-corrected chi connectivity index (χ2v) is 3.82. The first kappa shape index (κ1) is 14.4. The first-order valence-corrected chi connectivity index (χ1v) is 5.31. The molecule has 0 saturated heterocycles. The van der Waals surface area contributed by atoms with Gasteiger partial charge in [-0.2, -0.15) is 14.0 Å². The molecule has 0 bridgehead atoms. The van der Waals surface area contributed by atoms with Crippen molar-refractivity contribution in [1.82, 2.24) is 4.90 Å². The number of nitriles is 1. The van der Waals surface area contributed by atoms with E-state index in [0.717, 1.165) is 0 Å². The number of aliphatic hydroxyl groups excluding tert-OH is 1. The Balaban J connectivity index is 2.59. The molecule has 6 heteroatoms. The lowest BCUT2D eigenvalue weighted by molar-refractivity contribution is -0.0498. The van der Waals surface area contributed by atoms with Gasteiger partial charge in [-0.1, -0.05) is 12.1 Å². The Morgan fingerprint density at radius 2 is 2.00 bits per heavy atom. The molecular formula is C12H14F2N2O2. The number of ether oxygens (including phenoxy) is 1. The van der Waals surface area contributed by atoms with Crippen LogP contribution in [0.5, 0.6) is 5.75 Å². The van der Waals surface area contributed by atoms with Gasteiger partial charge in [0.1, 0.15) is 5.75 Å². The largest absolute Gasteiger partial charge is 0.435 e. The van der Waals surface area contributed by atoms with Crippen LogP contribution in [0.15, 0.2) is 24.3 Å². The summed E-state index contributed by atoms with van der Waals surface area (Å²) in [5, 5.41) is 18.3. The van der Waals surface area contributed by atoms with Gasteiger partial charge >= 0.3 is 6.61 Å². The van der Waals surface area contributed by atoms with Gasteiger partial charge in [-0.15, -0.1) is 0 Å². The fraction of sp³-hybridized carbons (Fsp3) is 0.417. The summed E-state index contributed by atoms with van der Waals surface area (Å²) in [6.07, 6.45) is -0.774. The summed E-state index contributed by atoms with van der Waals surface area (Å²) in [4.78, 5) is 1.66. The van der Waals surface area contributed by atoms with Gasteiger partial charge < -0.3 is 9.84 Å². The maximum atomic E-state index is 11.9. The highest BCUT2D eigenvalue weighted by molar-refractivity contribution is 5.28. The molecule has 4 nitrogen and oxygen atoms in total. The Bertz CT molecular complexity index is 404. The Morgan fingerprint density at radius 3 is 2.50 bits per heavy atom. The summed E-state index contributed by atoms with van der Waals surface area (Å²) >= 11 is 0. The molecular weight excluding hydrogens is 242 g/mol. The van der Waals surface area contributed by atoms with Crippen LogP contribution in [0.4, 0.5) is 8.78 Å². The smallest absolute Gasteiger partial charge is 0.387 e. The third-order valence-corrected chi connectivity index (χ3v) is 2.32. The number of hydrogen-bond acceptors (Lipinski definition) is 4. The lowest BCUT2D eigenvalue weighted by Crippen LogP contribution is -2.24. The van der Waals surface area contributed by atoms with E-state index in [-0.39, 0.29) is 12.3 Å². The van der Waals surface area contributed by atoms with Crippen molar-refractivity contribution >= 4 is 0 Å². The van der Waals surface area contributed by atoms with Crippen molar-refractivity contribution in [3.05, 3.63) is 29.8 Å². The molecule has 0 heterocycles. The highest BCUT2D eigenvalue weighted by Crippen LogP contribution is 2.19. The zero-order valence-electron chi connectivity index (χ0n) is 9.88. The monoisotopic (exact) mass is 256 g/mol. The van der Waals surface area contributed by atoms with Crippen LogP contribution in [0.2, 0.25) is 0 Å². The Morgan fingerprint density at radius 1 is 1.39 bits per heavy atom. The molecule has 1 atom stereocenters. The predicted molar refractivity (Wildman–Crippen MR) is 61.1 cm³/mol. The lowest BCUT2D eigenvalue weighted by Gasteiger charge is -2.18. The number of rotatable bonds is 6. The molecule has 0 aliphatic rings. The van der Waals surface area contributed by atoms with Crippen LogP contribution in [0.3, 0.4) is 0 Å². The molecule has 0 aromatic heterocycles. The zero-order chi connectivity index (χ0) is 13.5. The minimum absolute atomic E-state index is 0.0475. The van der Waals surface area contributed by atoms with E-state index >= 15 is 0 Å². The van der Waals surface area contributed by atoms with E-state index in [4.69, 9.17) is 5.26 Å². The number of likely N-dealkylation sites (N-methyl/N-ethyl adjacent to an activating group) is 1. The molecule has 1 N–H and O–H groups in total. The second-order valence-electron chi connectivity index (χ2n) is 3.82. The van der Waals surface area contributed by atoms with Crippen LogP contribution in [0.1, 0.15) is 11.7 Å². The molecule has 0 amide bonds. The first-order valence-electron chi connectivity index (χ1n) is 5.31. The number of benzene rings is 1. The van der Waals surface area contributed by atoms with Crippen molar-refractivity contribution < 1.29 is 18.6 Å². The first-order chi connectivity index (χ1) is 8.52. The fourth-order valence-corrected chi connectivity index (χ4v) is 1.46. The molecule has 18 heavy (non-hydrogen) atoms. The molecule has 1 aromatic carbocycles. The third-order valence-electron chi connectivity index (χ3n) is 2.32. The quantitative estimate of drug-likeness (QED) is 0.788. The SMILES string of the molecule is CN(CC#N)CC(O)c1ccc(OC(F)F)cc1. The maximum Gasteiger partial charge on any atom is 0.387 e. The molecule has 0 fully saturated rings. The van der Waals surface area contributed by atoms with Gasteiger partial charge in [0.05, 0.1) is 18.7 Å². The van der Waals surface area contributed by atoms with Crippen LogP contribution in [-0.2, 0) is 0 Å². The topological polar surface area (TPSA) is 56.5 Å². The molecule has 0 saturated carbocycles. The average molecular weight is 256 g/mol. The van der Waals surface area contributed by atoms with E-state index in [9.17, 15) is 13.9 Å². The molecule has 1 rings (SSSR count). The van der Waals surface area contributed by atoms with Crippen molar-refractivity contribution in [2.45, 2.75) is 12.7 Å². The Labute approximate surface area is 104 Å². The van der Waals surface area contributed by atoms with Gasteiger partial charge in [0.25, 0.3) is 0 Å². The van der Waals surface area contributed by atoms with E-state index in [2.05, 4.69) is 4.74 Å². The lowest BCUT2D eigenvalue weighted by atomic mass is 10.1. The van der Waals surface area contributed by atoms with Crippen LogP contribution >= 0.6 is 0 Å². The third kappa shape index (κ3) is 4.65. The number of aliphatic hydroxyl groups is 1. The molecule has 98 valence electrons. The van der Waals surface area contributed by atoms with Crippen molar-refractivity contribution in [1.29, 1.82) is 5.26 Å². The van der Waals surface area contributed by atoms with E-state index in [1.54, 1.807) is 11.9 Å². The minimum Gasteiger partial charge on any atom is -0.435 e. The molecule has 0 aliphatic carbocycles. The summed E-state index contributed by atoms with van der Waals surface area (Å²) in [5.41, 5.74) is 0.585. The van der Waals surface area contributed by atoms with Crippen LogP contribution in [0.25, 0.3) is 0 Å². The highest BCUT2D eigenvalue weighted by atomic mass is 19.3. The summed E-state index contributed by atoms with van der Waals surface area (Å²) in [7, 11) is 1.71.